The summed E-state index contributed by atoms with van der Waals surface area (Å²) in [6.45, 7) is 0. The van der Waals surface area contributed by atoms with E-state index in [1.165, 1.54) is 5.56 Å². The Labute approximate surface area is 134 Å². The maximum atomic E-state index is 12.0. The van der Waals surface area contributed by atoms with Crippen LogP contribution in [0.2, 0.25) is 0 Å². The maximum absolute atomic E-state index is 12.0. The number of carbonyl (C=O) groups excluding carboxylic acids is 1. The molecule has 3 aromatic rings. The number of aromatic nitrogens is 3. The lowest BCUT2D eigenvalue weighted by Gasteiger charge is -2.01. The number of nitrogens with one attached hydrogen (secondary N) is 2. The van der Waals surface area contributed by atoms with Crippen LogP contribution in [-0.4, -0.2) is 21.1 Å². The molecule has 5 heteroatoms. The van der Waals surface area contributed by atoms with Gasteiger partial charge in [-0.15, -0.1) is 0 Å². The van der Waals surface area contributed by atoms with E-state index in [1.54, 1.807) is 12.4 Å². The van der Waals surface area contributed by atoms with Crippen LogP contribution in [-0.2, 0) is 24.1 Å². The van der Waals surface area contributed by atoms with E-state index in [2.05, 4.69) is 32.6 Å². The summed E-state index contributed by atoms with van der Waals surface area (Å²) >= 11 is 0. The molecule has 0 aliphatic rings. The van der Waals surface area contributed by atoms with Crippen LogP contribution in [0.1, 0.15) is 16.8 Å². The number of hydrogen-bond acceptors (Lipinski definition) is 3. The molecule has 116 valence electrons. The molecule has 2 heterocycles. The van der Waals surface area contributed by atoms with Gasteiger partial charge in [0.05, 0.1) is 6.42 Å². The largest absolute Gasteiger partial charge is 0.309 e. The third-order valence-electron chi connectivity index (χ3n) is 3.51. The zero-order valence-corrected chi connectivity index (χ0v) is 12.7. The Morgan fingerprint density at radius 1 is 1.04 bits per heavy atom. The van der Waals surface area contributed by atoms with Crippen molar-refractivity contribution in [3.05, 3.63) is 77.7 Å². The van der Waals surface area contributed by atoms with Gasteiger partial charge in [0.15, 0.2) is 5.82 Å². The number of hydrogen-bond donors (Lipinski definition) is 2. The van der Waals surface area contributed by atoms with Gasteiger partial charge in [0.2, 0.25) is 5.91 Å². The van der Waals surface area contributed by atoms with E-state index in [4.69, 9.17) is 0 Å². The van der Waals surface area contributed by atoms with Crippen molar-refractivity contribution in [2.75, 3.05) is 5.32 Å². The normalized spacial score (nSPS) is 10.4. The third kappa shape index (κ3) is 4.51. The fourth-order valence-electron chi connectivity index (χ4n) is 2.35. The van der Waals surface area contributed by atoms with Crippen molar-refractivity contribution < 1.29 is 4.79 Å². The van der Waals surface area contributed by atoms with Crippen molar-refractivity contribution in [1.29, 1.82) is 0 Å². The third-order valence-corrected chi connectivity index (χ3v) is 3.51. The van der Waals surface area contributed by atoms with Gasteiger partial charge in [0, 0.05) is 24.2 Å². The molecule has 0 atom stereocenters. The summed E-state index contributed by atoms with van der Waals surface area (Å²) in [4.78, 5) is 16.0. The molecule has 2 aromatic heterocycles. The summed E-state index contributed by atoms with van der Waals surface area (Å²) in [6.07, 6.45) is 5.46. The van der Waals surface area contributed by atoms with Gasteiger partial charge in [-0.1, -0.05) is 36.4 Å². The number of anilines is 1. The Morgan fingerprint density at radius 3 is 2.65 bits per heavy atom. The van der Waals surface area contributed by atoms with Gasteiger partial charge in [-0.2, -0.15) is 5.10 Å². The first-order valence-corrected chi connectivity index (χ1v) is 7.56. The quantitative estimate of drug-likeness (QED) is 0.735. The minimum absolute atomic E-state index is 0.0980. The number of carbonyl (C=O) groups is 1. The molecule has 5 nitrogen and oxygen atoms in total. The lowest BCUT2D eigenvalue weighted by atomic mass is 10.1. The Bertz CT molecular complexity index is 753. The van der Waals surface area contributed by atoms with Crippen LogP contribution < -0.4 is 5.32 Å². The molecule has 0 radical (unpaired) electrons. The van der Waals surface area contributed by atoms with Crippen molar-refractivity contribution >= 4 is 11.7 Å². The Kier molecular flexibility index (Phi) is 4.79. The van der Waals surface area contributed by atoms with Gasteiger partial charge in [0.1, 0.15) is 0 Å². The lowest BCUT2D eigenvalue weighted by Crippen LogP contribution is -2.14. The van der Waals surface area contributed by atoms with Gasteiger partial charge < -0.3 is 5.32 Å². The molecule has 0 aliphatic heterocycles. The number of benzene rings is 1. The Hall–Kier alpha value is -2.95. The lowest BCUT2D eigenvalue weighted by molar-refractivity contribution is -0.115. The number of amides is 1. The van der Waals surface area contributed by atoms with Crippen LogP contribution >= 0.6 is 0 Å². The molecule has 2 N–H and O–H groups in total. The van der Waals surface area contributed by atoms with Gasteiger partial charge in [-0.3, -0.25) is 14.9 Å². The van der Waals surface area contributed by atoms with Crippen LogP contribution in [0.5, 0.6) is 0 Å². The molecular weight excluding hydrogens is 288 g/mol. The summed E-state index contributed by atoms with van der Waals surface area (Å²) in [6, 6.07) is 15.9. The van der Waals surface area contributed by atoms with Crippen LogP contribution in [0.25, 0.3) is 0 Å². The van der Waals surface area contributed by atoms with E-state index in [0.29, 0.717) is 12.2 Å². The van der Waals surface area contributed by atoms with Gasteiger partial charge in [-0.05, 0) is 30.0 Å². The summed E-state index contributed by atoms with van der Waals surface area (Å²) in [5, 5.41) is 9.91. The number of aromatic amines is 1. The van der Waals surface area contributed by atoms with Gasteiger partial charge >= 0.3 is 0 Å². The molecule has 0 saturated carbocycles. The first-order chi connectivity index (χ1) is 11.3. The van der Waals surface area contributed by atoms with Crippen LogP contribution in [0.3, 0.4) is 0 Å². The van der Waals surface area contributed by atoms with Crippen molar-refractivity contribution in [3.63, 3.8) is 0 Å². The minimum Gasteiger partial charge on any atom is -0.309 e. The number of pyridine rings is 1. The topological polar surface area (TPSA) is 70.7 Å². The molecule has 0 unspecified atom stereocenters. The number of aryl methyl sites for hydroxylation is 2. The van der Waals surface area contributed by atoms with E-state index in [9.17, 15) is 4.79 Å². The average molecular weight is 306 g/mol. The average Bonchev–Trinajstić information content (AvgIpc) is 3.02. The second-order valence-corrected chi connectivity index (χ2v) is 5.35. The van der Waals surface area contributed by atoms with E-state index in [-0.39, 0.29) is 5.91 Å². The molecule has 0 spiro atoms. The highest BCUT2D eigenvalue weighted by atomic mass is 16.1. The number of H-pyrrole nitrogens is 1. The maximum Gasteiger partial charge on any atom is 0.230 e. The highest BCUT2D eigenvalue weighted by Crippen LogP contribution is 2.10. The summed E-state index contributed by atoms with van der Waals surface area (Å²) in [5.41, 5.74) is 3.17. The zero-order valence-electron chi connectivity index (χ0n) is 12.7. The monoisotopic (exact) mass is 306 g/mol. The molecule has 3 rings (SSSR count). The molecule has 0 fully saturated rings. The van der Waals surface area contributed by atoms with Gasteiger partial charge in [0.25, 0.3) is 0 Å². The van der Waals surface area contributed by atoms with Gasteiger partial charge in [-0.25, -0.2) is 0 Å². The van der Waals surface area contributed by atoms with Crippen molar-refractivity contribution in [1.82, 2.24) is 15.2 Å². The second-order valence-electron chi connectivity index (χ2n) is 5.35. The highest BCUT2D eigenvalue weighted by Gasteiger charge is 2.07. The Balaban J connectivity index is 1.52. The fraction of sp³-hybridized carbons (Fsp3) is 0.167. The van der Waals surface area contributed by atoms with E-state index >= 15 is 0 Å². The smallest absolute Gasteiger partial charge is 0.230 e. The number of nitrogens with zero attached hydrogens (tertiary/aromatic N) is 2. The molecule has 23 heavy (non-hydrogen) atoms. The number of rotatable bonds is 6. The first-order valence-electron chi connectivity index (χ1n) is 7.56. The second kappa shape index (κ2) is 7.35. The van der Waals surface area contributed by atoms with Crippen molar-refractivity contribution in [2.24, 2.45) is 0 Å². The molecular formula is C18H18N4O. The molecule has 0 bridgehead atoms. The summed E-state index contributed by atoms with van der Waals surface area (Å²) in [5.74, 6) is 0.459. The predicted octanol–water partition coefficient (Wildman–Crippen LogP) is 2.77. The van der Waals surface area contributed by atoms with Crippen molar-refractivity contribution in [2.45, 2.75) is 19.3 Å². The summed E-state index contributed by atoms with van der Waals surface area (Å²) < 4.78 is 0. The Morgan fingerprint density at radius 2 is 1.87 bits per heavy atom. The standard InChI is InChI=1S/C18H18N4O/c23-18(11-15-7-4-10-19-13-15)20-17-12-16(21-22-17)9-8-14-5-2-1-3-6-14/h1-7,10,12-13H,8-9,11H2,(H2,20,21,22,23). The molecule has 1 amide bonds. The van der Waals surface area contributed by atoms with Crippen LogP contribution in [0.4, 0.5) is 5.82 Å². The predicted molar refractivity (Wildman–Crippen MR) is 89.0 cm³/mol. The van der Waals surface area contributed by atoms with Crippen LogP contribution in [0.15, 0.2) is 60.9 Å². The molecule has 1 aromatic carbocycles. The van der Waals surface area contributed by atoms with E-state index < -0.39 is 0 Å². The van der Waals surface area contributed by atoms with Crippen LogP contribution in [0, 0.1) is 0 Å². The SMILES string of the molecule is O=C(Cc1cccnc1)Nc1cc(CCc2ccccc2)[nH]n1. The molecule has 0 saturated heterocycles. The molecule has 0 aliphatic carbocycles. The zero-order chi connectivity index (χ0) is 15.9. The summed E-state index contributed by atoms with van der Waals surface area (Å²) in [7, 11) is 0. The fourth-order valence-corrected chi connectivity index (χ4v) is 2.35. The van der Waals surface area contributed by atoms with Crippen molar-refractivity contribution in [3.8, 4) is 0 Å². The van der Waals surface area contributed by atoms with E-state index in [0.717, 1.165) is 24.1 Å². The highest BCUT2D eigenvalue weighted by molar-refractivity contribution is 5.91. The minimum atomic E-state index is -0.0980. The first kappa shape index (κ1) is 15.0. The van der Waals surface area contributed by atoms with E-state index in [1.807, 2.05) is 36.4 Å².